The van der Waals surface area contributed by atoms with Crippen molar-refractivity contribution in [3.05, 3.63) is 0 Å². The molecule has 4 nitrogen and oxygen atoms in total. The third-order valence-electron chi connectivity index (χ3n) is 0.268. The molecular weight excluding hydrogens is 115 g/mol. The van der Waals surface area contributed by atoms with Crippen molar-refractivity contribution in [3.63, 3.8) is 0 Å². The number of nitrogens with one attached hydrogen (secondary N) is 1. The lowest BCUT2D eigenvalue weighted by Crippen LogP contribution is -2.22. The van der Waals surface area contributed by atoms with Crippen LogP contribution in [0.3, 0.4) is 0 Å². The summed E-state index contributed by atoms with van der Waals surface area (Å²) in [5, 5.41) is 1.95. The van der Waals surface area contributed by atoms with Gasteiger partial charge in [0.2, 0.25) is 0 Å². The Balaban J connectivity index is 3.32. The number of urea groups is 1. The molecule has 0 rings (SSSR count). The second kappa shape index (κ2) is 2.53. The Labute approximate surface area is 41.9 Å². The molecule has 40 valence electrons. The second-order valence-electron chi connectivity index (χ2n) is 0.974. The van der Waals surface area contributed by atoms with Crippen LogP contribution < -0.4 is 10.8 Å². The van der Waals surface area contributed by atoms with E-state index in [9.17, 15) is 9.36 Å². The van der Waals surface area contributed by atoms with Gasteiger partial charge in [0.15, 0.2) is 6.66 Å². The fourth-order valence-electron chi connectivity index (χ4n) is 0.155. The van der Waals surface area contributed by atoms with Gasteiger partial charge in [0.25, 0.3) is 0 Å². The third kappa shape index (κ3) is 5.37. The van der Waals surface area contributed by atoms with Gasteiger partial charge in [0.05, 0.1) is 0 Å². The monoisotopic (exact) mass is 121 g/mol. The molecule has 0 fully saturated rings. The van der Waals surface area contributed by atoms with Crippen LogP contribution in [0.25, 0.3) is 0 Å². The minimum atomic E-state index is -1.61. The van der Waals surface area contributed by atoms with E-state index in [0.717, 1.165) is 0 Å². The summed E-state index contributed by atoms with van der Waals surface area (Å²) in [5.74, 6) is 0. The average Bonchev–Trinajstić information content (AvgIpc) is 1.27. The topological polar surface area (TPSA) is 72.2 Å². The zero-order valence-electron chi connectivity index (χ0n) is 3.84. The van der Waals surface area contributed by atoms with Gasteiger partial charge in [0, 0.05) is 0 Å². The Hall–Kier alpha value is -0.630. The highest BCUT2D eigenvalue weighted by Gasteiger charge is 2.05. The zero-order valence-corrected chi connectivity index (χ0v) is 4.74. The molecule has 0 aromatic carbocycles. The van der Waals surface area contributed by atoms with E-state index >= 15 is 0 Å². The maximum atomic E-state index is 9.99. The van der Waals surface area contributed by atoms with Crippen molar-refractivity contribution in [2.75, 3.05) is 6.66 Å². The molecule has 1 atom stereocenters. The van der Waals surface area contributed by atoms with E-state index in [1.54, 1.807) is 0 Å². The van der Waals surface area contributed by atoms with E-state index in [-0.39, 0.29) is 0 Å². The quantitative estimate of drug-likeness (QED) is 0.480. The molecule has 0 saturated carbocycles. The average molecular weight is 121 g/mol. The summed E-state index contributed by atoms with van der Waals surface area (Å²) in [6.45, 7) is 1.36. The predicted octanol–water partition coefficient (Wildman–Crippen LogP) is 0.0269. The van der Waals surface area contributed by atoms with Crippen LogP contribution >= 0.6 is 7.95 Å². The highest BCUT2D eigenvalue weighted by Crippen LogP contribution is 2.02. The Morgan fingerprint density at radius 3 is 2.29 bits per heavy atom. The van der Waals surface area contributed by atoms with Gasteiger partial charge in [0.1, 0.15) is 0 Å². The minimum Gasteiger partial charge on any atom is -0.349 e. The van der Waals surface area contributed by atoms with E-state index in [4.69, 9.17) is 0 Å². The number of hydrogen-bond donors (Lipinski definition) is 2. The first-order valence-electron chi connectivity index (χ1n) is 1.60. The molecule has 0 spiro atoms. The van der Waals surface area contributed by atoms with Crippen molar-refractivity contribution < 1.29 is 9.36 Å². The van der Waals surface area contributed by atoms with Crippen LogP contribution in [-0.4, -0.2) is 12.7 Å². The summed E-state index contributed by atoms with van der Waals surface area (Å²) in [5.41, 5.74) is 4.56. The fourth-order valence-corrected chi connectivity index (χ4v) is 0.466. The molecule has 1 unspecified atom stereocenters. The van der Waals surface area contributed by atoms with Gasteiger partial charge >= 0.3 is 14.0 Å². The fraction of sp³-hybridized carbons (Fsp3) is 0.500. The van der Waals surface area contributed by atoms with Gasteiger partial charge in [-0.3, -0.25) is 0 Å². The van der Waals surface area contributed by atoms with Crippen LogP contribution in [0.1, 0.15) is 0 Å². The standard InChI is InChI=1S/C2H5N2O2P/c1-7(6)4-2(3)5/h1H3,(H2-,3,4,5,6)/p+1. The Bertz CT molecular complexity index is 89.9. The molecule has 2 amide bonds. The van der Waals surface area contributed by atoms with Crippen LogP contribution in [0.5, 0.6) is 0 Å². The largest absolute Gasteiger partial charge is 0.460 e. The number of hydrogen-bond acceptors (Lipinski definition) is 2. The molecule has 0 bridgehead atoms. The van der Waals surface area contributed by atoms with Crippen LogP contribution in [0.4, 0.5) is 4.79 Å². The molecular formula is C2H6N2O2P+. The number of carbonyl (C=O) groups excluding carboxylic acids is 1. The minimum absolute atomic E-state index is 0.747. The highest BCUT2D eigenvalue weighted by molar-refractivity contribution is 7.42. The van der Waals surface area contributed by atoms with Crippen LogP contribution in [0.2, 0.25) is 0 Å². The molecule has 0 radical (unpaired) electrons. The summed E-state index contributed by atoms with van der Waals surface area (Å²) in [6, 6.07) is -0.747. The normalized spacial score (nSPS) is 10.1. The van der Waals surface area contributed by atoms with Crippen molar-refractivity contribution in [2.45, 2.75) is 0 Å². The van der Waals surface area contributed by atoms with E-state index in [2.05, 4.69) is 5.73 Å². The molecule has 0 aromatic rings. The summed E-state index contributed by atoms with van der Waals surface area (Å²) in [7, 11) is -1.61. The number of amides is 2. The predicted molar refractivity (Wildman–Crippen MR) is 26.2 cm³/mol. The summed E-state index contributed by atoms with van der Waals surface area (Å²) in [4.78, 5) is 9.74. The lowest BCUT2D eigenvalue weighted by molar-refractivity contribution is 0.253. The van der Waals surface area contributed by atoms with Crippen molar-refractivity contribution in [3.8, 4) is 0 Å². The second-order valence-corrected chi connectivity index (χ2v) is 2.19. The van der Waals surface area contributed by atoms with Gasteiger partial charge < -0.3 is 5.73 Å². The van der Waals surface area contributed by atoms with Crippen LogP contribution in [0.15, 0.2) is 0 Å². The van der Waals surface area contributed by atoms with Crippen LogP contribution in [0, 0.1) is 0 Å². The van der Waals surface area contributed by atoms with Gasteiger partial charge in [-0.1, -0.05) is 0 Å². The molecule has 3 N–H and O–H groups in total. The van der Waals surface area contributed by atoms with Crippen molar-refractivity contribution in [1.29, 1.82) is 0 Å². The molecule has 0 aromatic heterocycles. The molecule has 0 saturated heterocycles. The van der Waals surface area contributed by atoms with Crippen molar-refractivity contribution in [2.24, 2.45) is 5.73 Å². The molecule has 5 heteroatoms. The van der Waals surface area contributed by atoms with Crippen molar-refractivity contribution in [1.82, 2.24) is 5.09 Å². The van der Waals surface area contributed by atoms with Gasteiger partial charge in [-0.05, 0) is 4.57 Å². The molecule has 0 aliphatic carbocycles. The lowest BCUT2D eigenvalue weighted by Gasteiger charge is -1.76. The summed E-state index contributed by atoms with van der Waals surface area (Å²) in [6.07, 6.45) is 0. The number of rotatable bonds is 1. The van der Waals surface area contributed by atoms with Crippen molar-refractivity contribution >= 4 is 14.0 Å². The first-order chi connectivity index (χ1) is 3.13. The van der Waals surface area contributed by atoms with E-state index in [0.29, 0.717) is 0 Å². The number of primary amides is 1. The Kier molecular flexibility index (Phi) is 2.30. The Morgan fingerprint density at radius 1 is 1.86 bits per heavy atom. The Morgan fingerprint density at radius 2 is 2.29 bits per heavy atom. The first-order valence-corrected chi connectivity index (χ1v) is 3.30. The smallest absolute Gasteiger partial charge is 0.349 e. The van der Waals surface area contributed by atoms with Crippen LogP contribution in [-0.2, 0) is 4.57 Å². The SMILES string of the molecule is C[P+](=O)NC(N)=O. The molecule has 0 aliphatic rings. The lowest BCUT2D eigenvalue weighted by atomic mass is 11.2. The van der Waals surface area contributed by atoms with Gasteiger partial charge in [-0.25, -0.2) is 4.79 Å². The van der Waals surface area contributed by atoms with Gasteiger partial charge in [-0.2, -0.15) is 0 Å². The van der Waals surface area contributed by atoms with E-state index in [1.165, 1.54) is 6.66 Å². The maximum Gasteiger partial charge on any atom is 0.460 e. The highest BCUT2D eigenvalue weighted by atomic mass is 31.1. The first kappa shape index (κ1) is 6.37. The molecule has 0 heterocycles. The summed E-state index contributed by atoms with van der Waals surface area (Å²) < 4.78 is 9.99. The third-order valence-corrected chi connectivity index (χ3v) is 0.803. The zero-order chi connectivity index (χ0) is 5.86. The van der Waals surface area contributed by atoms with E-state index in [1.807, 2.05) is 5.09 Å². The molecule has 0 aliphatic heterocycles. The number of nitrogens with two attached hydrogens (primary N) is 1. The number of carbonyl (C=O) groups is 1. The van der Waals surface area contributed by atoms with Gasteiger partial charge in [-0.15, -0.1) is 5.09 Å². The summed E-state index contributed by atoms with van der Waals surface area (Å²) >= 11 is 0. The maximum absolute atomic E-state index is 9.99. The van der Waals surface area contributed by atoms with E-state index < -0.39 is 14.0 Å². The molecule has 7 heavy (non-hydrogen) atoms.